The van der Waals surface area contributed by atoms with Gasteiger partial charge in [0.05, 0.1) is 18.6 Å². The van der Waals surface area contributed by atoms with Crippen molar-refractivity contribution in [2.75, 3.05) is 7.11 Å². The van der Waals surface area contributed by atoms with Crippen LogP contribution in [0.25, 0.3) is 22.6 Å². The minimum atomic E-state index is 0.399. The minimum absolute atomic E-state index is 0.399. The highest BCUT2D eigenvalue weighted by Crippen LogP contribution is 2.25. The first-order valence-electron chi connectivity index (χ1n) is 6.84. The summed E-state index contributed by atoms with van der Waals surface area (Å²) in [4.78, 5) is 9.57. The Labute approximate surface area is 133 Å². The Balaban J connectivity index is 2.19. The van der Waals surface area contributed by atoms with Gasteiger partial charge in [-0.2, -0.15) is 0 Å². The summed E-state index contributed by atoms with van der Waals surface area (Å²) >= 11 is 5.06. The van der Waals surface area contributed by atoms with Crippen molar-refractivity contribution in [2.45, 2.75) is 13.5 Å². The number of ether oxygens (including phenoxy) is 1. The van der Waals surface area contributed by atoms with E-state index < -0.39 is 0 Å². The maximum atomic E-state index is 5.73. The zero-order chi connectivity index (χ0) is 15.7. The Kier molecular flexibility index (Phi) is 3.77. The van der Waals surface area contributed by atoms with E-state index in [1.165, 1.54) is 0 Å². The topological polar surface area (TPSA) is 66.0 Å². The van der Waals surface area contributed by atoms with E-state index in [1.807, 2.05) is 48.0 Å². The molecule has 0 spiro atoms. The quantitative estimate of drug-likeness (QED) is 0.750. The highest BCUT2D eigenvalue weighted by molar-refractivity contribution is 7.80. The lowest BCUT2D eigenvalue weighted by molar-refractivity contribution is 0.415. The van der Waals surface area contributed by atoms with Crippen molar-refractivity contribution < 1.29 is 4.74 Å². The van der Waals surface area contributed by atoms with E-state index in [1.54, 1.807) is 7.11 Å². The molecule has 0 aliphatic rings. The predicted molar refractivity (Wildman–Crippen MR) is 91.0 cm³/mol. The van der Waals surface area contributed by atoms with E-state index in [2.05, 4.69) is 4.98 Å². The largest absolute Gasteiger partial charge is 0.497 e. The molecule has 0 saturated carbocycles. The van der Waals surface area contributed by atoms with Crippen LogP contribution < -0.4 is 10.5 Å². The number of methoxy groups -OCH3 is 1. The van der Waals surface area contributed by atoms with Crippen LogP contribution in [0.3, 0.4) is 0 Å². The molecule has 2 heterocycles. The van der Waals surface area contributed by atoms with Crippen LogP contribution in [0.4, 0.5) is 0 Å². The Morgan fingerprint density at radius 2 is 2.05 bits per heavy atom. The van der Waals surface area contributed by atoms with Crippen LogP contribution in [0.1, 0.15) is 5.56 Å². The fraction of sp³-hybridized carbons (Fsp3) is 0.188. The number of imidazole rings is 1. The van der Waals surface area contributed by atoms with Gasteiger partial charge >= 0.3 is 0 Å². The van der Waals surface area contributed by atoms with Crippen molar-refractivity contribution in [2.24, 2.45) is 5.73 Å². The number of nitrogens with zero attached hydrogens (tertiary/aromatic N) is 3. The molecule has 0 atom stereocenters. The fourth-order valence-corrected chi connectivity index (χ4v) is 2.51. The molecule has 3 aromatic rings. The molecular weight excluding hydrogens is 296 g/mol. The van der Waals surface area contributed by atoms with Gasteiger partial charge in [-0.15, -0.1) is 0 Å². The van der Waals surface area contributed by atoms with E-state index in [9.17, 15) is 0 Å². The molecule has 2 aromatic heterocycles. The number of fused-ring (bicyclic) bond motifs is 1. The third kappa shape index (κ3) is 2.65. The van der Waals surface area contributed by atoms with Gasteiger partial charge in [-0.1, -0.05) is 12.2 Å². The van der Waals surface area contributed by atoms with Crippen molar-refractivity contribution in [3.05, 3.63) is 42.1 Å². The van der Waals surface area contributed by atoms with Crippen molar-refractivity contribution in [1.29, 1.82) is 0 Å². The number of aromatic nitrogens is 3. The fourth-order valence-electron chi connectivity index (χ4n) is 2.38. The highest BCUT2D eigenvalue weighted by atomic mass is 32.1. The molecule has 112 valence electrons. The lowest BCUT2D eigenvalue weighted by Gasteiger charge is -2.08. The van der Waals surface area contributed by atoms with Gasteiger partial charge in [-0.05, 0) is 42.8 Å². The Morgan fingerprint density at radius 1 is 1.32 bits per heavy atom. The van der Waals surface area contributed by atoms with E-state index >= 15 is 0 Å². The van der Waals surface area contributed by atoms with Gasteiger partial charge in [0, 0.05) is 11.8 Å². The van der Waals surface area contributed by atoms with E-state index in [0.717, 1.165) is 33.9 Å². The molecule has 0 unspecified atom stereocenters. The Bertz CT molecular complexity index is 839. The number of rotatable bonds is 4. The molecule has 0 bridgehead atoms. The second kappa shape index (κ2) is 5.73. The maximum Gasteiger partial charge on any atom is 0.160 e. The van der Waals surface area contributed by atoms with Crippen LogP contribution in [-0.2, 0) is 6.54 Å². The molecule has 0 saturated heterocycles. The van der Waals surface area contributed by atoms with Crippen LogP contribution in [-0.4, -0.2) is 26.6 Å². The van der Waals surface area contributed by atoms with Gasteiger partial charge in [0.2, 0.25) is 0 Å². The van der Waals surface area contributed by atoms with Gasteiger partial charge in [-0.3, -0.25) is 0 Å². The average Bonchev–Trinajstić information content (AvgIpc) is 2.84. The van der Waals surface area contributed by atoms with Crippen LogP contribution >= 0.6 is 12.2 Å². The smallest absolute Gasteiger partial charge is 0.160 e. The summed E-state index contributed by atoms with van der Waals surface area (Å²) in [5.74, 6) is 1.60. The summed E-state index contributed by atoms with van der Waals surface area (Å²) in [7, 11) is 1.64. The SMILES string of the molecule is COc1ccc(-c2nc3cc(C)cnc3n2CC(N)=S)cc1. The summed E-state index contributed by atoms with van der Waals surface area (Å²) in [6.45, 7) is 2.40. The first-order valence-corrected chi connectivity index (χ1v) is 7.25. The average molecular weight is 312 g/mol. The first kappa shape index (κ1) is 14.5. The molecule has 0 fully saturated rings. The summed E-state index contributed by atoms with van der Waals surface area (Å²) in [6.07, 6.45) is 1.82. The minimum Gasteiger partial charge on any atom is -0.497 e. The number of hydrogen-bond acceptors (Lipinski definition) is 4. The van der Waals surface area contributed by atoms with Crippen molar-refractivity contribution in [3.8, 4) is 17.1 Å². The maximum absolute atomic E-state index is 5.73. The molecule has 22 heavy (non-hydrogen) atoms. The Hall–Kier alpha value is -2.47. The molecule has 0 aliphatic carbocycles. The molecule has 2 N–H and O–H groups in total. The van der Waals surface area contributed by atoms with Crippen molar-refractivity contribution in [1.82, 2.24) is 14.5 Å². The Morgan fingerprint density at radius 3 is 2.68 bits per heavy atom. The number of aryl methyl sites for hydroxylation is 1. The number of thiocarbonyl (C=S) groups is 1. The van der Waals surface area contributed by atoms with Crippen LogP contribution in [0.5, 0.6) is 5.75 Å². The van der Waals surface area contributed by atoms with E-state index in [-0.39, 0.29) is 0 Å². The number of pyridine rings is 1. The first-order chi connectivity index (χ1) is 10.6. The number of hydrogen-bond donors (Lipinski definition) is 1. The molecule has 6 heteroatoms. The highest BCUT2D eigenvalue weighted by Gasteiger charge is 2.14. The standard InChI is InChI=1S/C16H16N4OS/c1-10-7-13-16(18-8-10)20(9-14(17)22)15(19-13)11-3-5-12(21-2)6-4-11/h3-8H,9H2,1-2H3,(H2,17,22). The number of benzene rings is 1. The molecule has 0 radical (unpaired) electrons. The molecule has 3 rings (SSSR count). The lowest BCUT2D eigenvalue weighted by Crippen LogP contribution is -2.17. The van der Waals surface area contributed by atoms with E-state index in [4.69, 9.17) is 27.7 Å². The molecule has 5 nitrogen and oxygen atoms in total. The normalized spacial score (nSPS) is 10.8. The second-order valence-corrected chi connectivity index (χ2v) is 5.60. The molecule has 1 aromatic carbocycles. The van der Waals surface area contributed by atoms with Crippen LogP contribution in [0, 0.1) is 6.92 Å². The number of nitrogens with two attached hydrogens (primary N) is 1. The van der Waals surface area contributed by atoms with Crippen molar-refractivity contribution >= 4 is 28.4 Å². The lowest BCUT2D eigenvalue weighted by atomic mass is 10.2. The van der Waals surface area contributed by atoms with Gasteiger partial charge in [0.1, 0.15) is 17.1 Å². The van der Waals surface area contributed by atoms with Gasteiger partial charge in [0.25, 0.3) is 0 Å². The van der Waals surface area contributed by atoms with Crippen molar-refractivity contribution in [3.63, 3.8) is 0 Å². The third-order valence-electron chi connectivity index (χ3n) is 3.38. The predicted octanol–water partition coefficient (Wildman–Crippen LogP) is 2.70. The summed E-state index contributed by atoms with van der Waals surface area (Å²) in [5, 5.41) is 0. The van der Waals surface area contributed by atoms with Crippen LogP contribution in [0.15, 0.2) is 36.5 Å². The monoisotopic (exact) mass is 312 g/mol. The van der Waals surface area contributed by atoms with Gasteiger partial charge in [-0.25, -0.2) is 9.97 Å². The van der Waals surface area contributed by atoms with Gasteiger partial charge < -0.3 is 15.0 Å². The zero-order valence-corrected chi connectivity index (χ0v) is 13.2. The summed E-state index contributed by atoms with van der Waals surface area (Å²) in [6, 6.07) is 9.73. The van der Waals surface area contributed by atoms with Crippen LogP contribution in [0.2, 0.25) is 0 Å². The van der Waals surface area contributed by atoms with E-state index in [0.29, 0.717) is 11.5 Å². The zero-order valence-electron chi connectivity index (χ0n) is 12.4. The summed E-state index contributed by atoms with van der Waals surface area (Å²) in [5.41, 5.74) is 9.38. The molecule has 0 amide bonds. The molecule has 0 aliphatic heterocycles. The van der Waals surface area contributed by atoms with Gasteiger partial charge in [0.15, 0.2) is 5.65 Å². The second-order valence-electron chi connectivity index (χ2n) is 5.07. The summed E-state index contributed by atoms with van der Waals surface area (Å²) < 4.78 is 7.14. The third-order valence-corrected chi connectivity index (χ3v) is 3.51. The molecular formula is C16H16N4OS.